The van der Waals surface area contributed by atoms with Gasteiger partial charge in [0, 0.05) is 17.0 Å². The number of hydrogen-bond acceptors (Lipinski definition) is 4. The summed E-state index contributed by atoms with van der Waals surface area (Å²) < 4.78 is 5.19. The third-order valence-corrected chi connectivity index (χ3v) is 5.06. The zero-order valence-electron chi connectivity index (χ0n) is 15.3. The maximum atomic E-state index is 12.2. The van der Waals surface area contributed by atoms with Gasteiger partial charge in [-0.25, -0.2) is 4.98 Å². The van der Waals surface area contributed by atoms with Gasteiger partial charge in [-0.3, -0.25) is 10.1 Å². The second-order valence-electron chi connectivity index (χ2n) is 6.20. The van der Waals surface area contributed by atoms with Crippen LogP contribution in [0, 0.1) is 0 Å². The van der Waals surface area contributed by atoms with Gasteiger partial charge in [0.1, 0.15) is 5.75 Å². The Bertz CT molecular complexity index is 1160. The van der Waals surface area contributed by atoms with E-state index in [4.69, 9.17) is 4.74 Å². The number of anilines is 1. The van der Waals surface area contributed by atoms with E-state index >= 15 is 0 Å². The SMILES string of the molecule is COc1cccc(/C=C/C(=O)Nc2nc(-c3ccc4ccccc4c3)cs2)c1. The number of amides is 1. The standard InChI is InChI=1S/C23H18N2O2S/c1-27-20-8-4-5-16(13-20)9-12-22(26)25-23-24-21(15-28-23)19-11-10-17-6-2-3-7-18(17)14-19/h2-15H,1H3,(H,24,25,26)/b12-9+. The van der Waals surface area contributed by atoms with Crippen LogP contribution in [0.15, 0.2) is 78.2 Å². The van der Waals surface area contributed by atoms with E-state index in [0.717, 1.165) is 22.6 Å². The smallest absolute Gasteiger partial charge is 0.250 e. The summed E-state index contributed by atoms with van der Waals surface area (Å²) in [6.45, 7) is 0. The van der Waals surface area contributed by atoms with Crippen LogP contribution < -0.4 is 10.1 Å². The van der Waals surface area contributed by atoms with E-state index in [1.54, 1.807) is 13.2 Å². The summed E-state index contributed by atoms with van der Waals surface area (Å²) in [5, 5.41) is 7.70. The lowest BCUT2D eigenvalue weighted by atomic mass is 10.1. The molecule has 0 fully saturated rings. The molecule has 4 aromatic rings. The van der Waals surface area contributed by atoms with Crippen LogP contribution in [0.4, 0.5) is 5.13 Å². The molecule has 28 heavy (non-hydrogen) atoms. The van der Waals surface area contributed by atoms with Gasteiger partial charge in [-0.15, -0.1) is 11.3 Å². The van der Waals surface area contributed by atoms with Crippen molar-refractivity contribution in [2.75, 3.05) is 12.4 Å². The Morgan fingerprint density at radius 2 is 1.89 bits per heavy atom. The van der Waals surface area contributed by atoms with E-state index in [0.29, 0.717) is 5.13 Å². The Balaban J connectivity index is 1.46. The van der Waals surface area contributed by atoms with E-state index in [2.05, 4.69) is 34.6 Å². The normalized spacial score (nSPS) is 11.0. The highest BCUT2D eigenvalue weighted by Gasteiger charge is 2.07. The quantitative estimate of drug-likeness (QED) is 0.453. The molecule has 0 bridgehead atoms. The molecule has 1 N–H and O–H groups in total. The van der Waals surface area contributed by atoms with Crippen LogP contribution in [0.5, 0.6) is 5.75 Å². The van der Waals surface area contributed by atoms with Crippen LogP contribution in [-0.2, 0) is 4.79 Å². The highest BCUT2D eigenvalue weighted by Crippen LogP contribution is 2.27. The van der Waals surface area contributed by atoms with Crippen LogP contribution in [0.3, 0.4) is 0 Å². The van der Waals surface area contributed by atoms with Gasteiger partial charge in [-0.1, -0.05) is 48.5 Å². The minimum absolute atomic E-state index is 0.220. The van der Waals surface area contributed by atoms with Crippen molar-refractivity contribution in [1.82, 2.24) is 4.98 Å². The second-order valence-corrected chi connectivity index (χ2v) is 7.06. The predicted octanol–water partition coefficient (Wildman–Crippen LogP) is 5.62. The fourth-order valence-corrected chi connectivity index (χ4v) is 3.60. The van der Waals surface area contributed by atoms with Crippen molar-refractivity contribution in [3.05, 3.63) is 83.7 Å². The molecule has 5 heteroatoms. The van der Waals surface area contributed by atoms with Crippen LogP contribution in [0.1, 0.15) is 5.56 Å². The molecular formula is C23H18N2O2S. The number of carbonyl (C=O) groups is 1. The maximum absolute atomic E-state index is 12.2. The Hall–Kier alpha value is -3.44. The number of aromatic nitrogens is 1. The lowest BCUT2D eigenvalue weighted by molar-refractivity contribution is -0.111. The molecule has 0 aliphatic carbocycles. The van der Waals surface area contributed by atoms with Gasteiger partial charge in [0.05, 0.1) is 12.8 Å². The highest BCUT2D eigenvalue weighted by molar-refractivity contribution is 7.14. The molecule has 0 atom stereocenters. The van der Waals surface area contributed by atoms with E-state index in [1.807, 2.05) is 47.8 Å². The maximum Gasteiger partial charge on any atom is 0.250 e. The van der Waals surface area contributed by atoms with E-state index < -0.39 is 0 Å². The summed E-state index contributed by atoms with van der Waals surface area (Å²) in [6.07, 6.45) is 3.24. The Kier molecular flexibility index (Phi) is 5.17. The zero-order chi connectivity index (χ0) is 19.3. The summed E-state index contributed by atoms with van der Waals surface area (Å²) in [6, 6.07) is 22.0. The van der Waals surface area contributed by atoms with E-state index in [1.165, 1.54) is 28.2 Å². The van der Waals surface area contributed by atoms with Crippen molar-refractivity contribution in [2.45, 2.75) is 0 Å². The Labute approximate surface area is 167 Å². The third kappa shape index (κ3) is 4.10. The van der Waals surface area contributed by atoms with Crippen LogP contribution in [-0.4, -0.2) is 18.0 Å². The summed E-state index contributed by atoms with van der Waals surface area (Å²) in [5.74, 6) is 0.532. The van der Waals surface area contributed by atoms with Gasteiger partial charge in [-0.2, -0.15) is 0 Å². The highest BCUT2D eigenvalue weighted by atomic mass is 32.1. The molecule has 1 heterocycles. The minimum Gasteiger partial charge on any atom is -0.497 e. The zero-order valence-corrected chi connectivity index (χ0v) is 16.1. The lowest BCUT2D eigenvalue weighted by Gasteiger charge is -2.01. The van der Waals surface area contributed by atoms with Gasteiger partial charge in [0.25, 0.3) is 0 Å². The van der Waals surface area contributed by atoms with E-state index in [-0.39, 0.29) is 5.91 Å². The molecule has 0 aliphatic heterocycles. The molecule has 0 saturated heterocycles. The first-order valence-electron chi connectivity index (χ1n) is 8.79. The average molecular weight is 386 g/mol. The Morgan fingerprint density at radius 3 is 2.75 bits per heavy atom. The molecule has 0 unspecified atom stereocenters. The number of rotatable bonds is 5. The van der Waals surface area contributed by atoms with Crippen molar-refractivity contribution in [2.24, 2.45) is 0 Å². The third-order valence-electron chi connectivity index (χ3n) is 4.30. The summed E-state index contributed by atoms with van der Waals surface area (Å²) in [7, 11) is 1.62. The number of thiazole rings is 1. The lowest BCUT2D eigenvalue weighted by Crippen LogP contribution is -2.07. The van der Waals surface area contributed by atoms with Crippen molar-refractivity contribution in [3.8, 4) is 17.0 Å². The number of carbonyl (C=O) groups excluding carboxylic acids is 1. The number of ether oxygens (including phenoxy) is 1. The fraction of sp³-hybridized carbons (Fsp3) is 0.0435. The van der Waals surface area contributed by atoms with Gasteiger partial charge < -0.3 is 4.74 Å². The monoisotopic (exact) mass is 386 g/mol. The van der Waals surface area contributed by atoms with Crippen LogP contribution >= 0.6 is 11.3 Å². The molecule has 1 amide bonds. The molecule has 1 aromatic heterocycles. The van der Waals surface area contributed by atoms with Gasteiger partial charge in [-0.05, 0) is 40.6 Å². The average Bonchev–Trinajstić information content (AvgIpc) is 3.20. The van der Waals surface area contributed by atoms with Gasteiger partial charge in [0.2, 0.25) is 5.91 Å². The number of fused-ring (bicyclic) bond motifs is 1. The minimum atomic E-state index is -0.220. The van der Waals surface area contributed by atoms with Gasteiger partial charge in [0.15, 0.2) is 5.13 Å². The molecule has 0 spiro atoms. The van der Waals surface area contributed by atoms with Crippen molar-refractivity contribution in [1.29, 1.82) is 0 Å². The molecule has 4 nitrogen and oxygen atoms in total. The van der Waals surface area contributed by atoms with E-state index in [9.17, 15) is 4.79 Å². The molecular weight excluding hydrogens is 368 g/mol. The summed E-state index contributed by atoms with van der Waals surface area (Å²) in [4.78, 5) is 16.7. The predicted molar refractivity (Wildman–Crippen MR) is 116 cm³/mol. The second kappa shape index (κ2) is 8.06. The summed E-state index contributed by atoms with van der Waals surface area (Å²) in [5.41, 5.74) is 2.77. The van der Waals surface area contributed by atoms with Crippen molar-refractivity contribution >= 4 is 39.2 Å². The van der Waals surface area contributed by atoms with Crippen LogP contribution in [0.2, 0.25) is 0 Å². The molecule has 0 radical (unpaired) electrons. The number of nitrogens with one attached hydrogen (secondary N) is 1. The number of methoxy groups -OCH3 is 1. The first-order chi connectivity index (χ1) is 13.7. The Morgan fingerprint density at radius 1 is 1.04 bits per heavy atom. The largest absolute Gasteiger partial charge is 0.497 e. The number of nitrogens with zero attached hydrogens (tertiary/aromatic N) is 1. The number of benzene rings is 3. The first-order valence-corrected chi connectivity index (χ1v) is 9.67. The van der Waals surface area contributed by atoms with Crippen molar-refractivity contribution in [3.63, 3.8) is 0 Å². The first kappa shape index (κ1) is 17.9. The number of hydrogen-bond donors (Lipinski definition) is 1. The molecule has 138 valence electrons. The van der Waals surface area contributed by atoms with Gasteiger partial charge >= 0.3 is 0 Å². The van der Waals surface area contributed by atoms with Crippen LogP contribution in [0.25, 0.3) is 28.1 Å². The molecule has 0 saturated carbocycles. The van der Waals surface area contributed by atoms with Crippen molar-refractivity contribution < 1.29 is 9.53 Å². The molecule has 0 aliphatic rings. The topological polar surface area (TPSA) is 51.2 Å². The fourth-order valence-electron chi connectivity index (χ4n) is 2.88. The summed E-state index contributed by atoms with van der Waals surface area (Å²) >= 11 is 1.41. The molecule has 4 rings (SSSR count). The molecule has 3 aromatic carbocycles.